The largest absolute Gasteiger partial charge is 0.368 e. The van der Waals surface area contributed by atoms with Crippen molar-refractivity contribution in [3.63, 3.8) is 0 Å². The van der Waals surface area contributed by atoms with E-state index in [-0.39, 0.29) is 19.0 Å². The molecule has 2 amide bonds. The smallest absolute Gasteiger partial charge is 0.257 e. The summed E-state index contributed by atoms with van der Waals surface area (Å²) in [5.41, 5.74) is 4.58. The summed E-state index contributed by atoms with van der Waals surface area (Å²) in [6.45, 7) is 3.51. The third-order valence-electron chi connectivity index (χ3n) is 2.30. The van der Waals surface area contributed by atoms with E-state index in [4.69, 9.17) is 5.73 Å². The van der Waals surface area contributed by atoms with Crippen molar-refractivity contribution in [2.24, 2.45) is 11.7 Å². The second-order valence-electron chi connectivity index (χ2n) is 4.51. The Kier molecular flexibility index (Phi) is 4.91. The Morgan fingerprint density at radius 3 is 2.58 bits per heavy atom. The maximum Gasteiger partial charge on any atom is 0.257 e. The molecule has 0 bridgehead atoms. The maximum atomic E-state index is 13.5. The molecule has 104 valence electrons. The Labute approximate surface area is 109 Å². The van der Waals surface area contributed by atoms with Gasteiger partial charge in [0.05, 0.1) is 12.1 Å². The number of hydrogen-bond donors (Lipinski definition) is 1. The summed E-state index contributed by atoms with van der Waals surface area (Å²) < 4.78 is 26.5. The molecule has 0 atom stereocenters. The van der Waals surface area contributed by atoms with E-state index < -0.39 is 29.1 Å². The second-order valence-corrected chi connectivity index (χ2v) is 4.51. The summed E-state index contributed by atoms with van der Waals surface area (Å²) in [6, 6.07) is 1.06. The number of rotatable bonds is 5. The Morgan fingerprint density at radius 1 is 1.42 bits per heavy atom. The van der Waals surface area contributed by atoms with Gasteiger partial charge in [0.15, 0.2) is 5.82 Å². The minimum atomic E-state index is -1.35. The van der Waals surface area contributed by atoms with Crippen molar-refractivity contribution in [3.8, 4) is 0 Å². The van der Waals surface area contributed by atoms with E-state index in [2.05, 4.69) is 4.98 Å². The SMILES string of the molecule is CC(C)CN(CC(N)=O)C(=O)c1ccnc(F)c1F. The number of amides is 2. The van der Waals surface area contributed by atoms with Crippen LogP contribution in [0.15, 0.2) is 12.3 Å². The van der Waals surface area contributed by atoms with Gasteiger partial charge in [0.2, 0.25) is 11.9 Å². The van der Waals surface area contributed by atoms with Crippen LogP contribution in [0.3, 0.4) is 0 Å². The highest BCUT2D eigenvalue weighted by molar-refractivity contribution is 5.96. The predicted molar refractivity (Wildman–Crippen MR) is 64.1 cm³/mol. The molecule has 0 fully saturated rings. The van der Waals surface area contributed by atoms with Gasteiger partial charge in [-0.2, -0.15) is 4.39 Å². The predicted octanol–water partition coefficient (Wildman–Crippen LogP) is 0.943. The van der Waals surface area contributed by atoms with Gasteiger partial charge in [0.25, 0.3) is 5.91 Å². The van der Waals surface area contributed by atoms with Gasteiger partial charge in [0.1, 0.15) is 0 Å². The topological polar surface area (TPSA) is 76.3 Å². The molecule has 7 heteroatoms. The molecule has 0 spiro atoms. The van der Waals surface area contributed by atoms with Crippen LogP contribution in [0, 0.1) is 17.7 Å². The third kappa shape index (κ3) is 3.97. The van der Waals surface area contributed by atoms with E-state index in [9.17, 15) is 18.4 Å². The van der Waals surface area contributed by atoms with Crippen molar-refractivity contribution >= 4 is 11.8 Å². The average Bonchev–Trinajstić information content (AvgIpc) is 2.30. The summed E-state index contributed by atoms with van der Waals surface area (Å²) in [5.74, 6) is -4.13. The summed E-state index contributed by atoms with van der Waals surface area (Å²) in [5, 5.41) is 0. The zero-order valence-corrected chi connectivity index (χ0v) is 10.7. The molecule has 0 radical (unpaired) electrons. The molecule has 1 aromatic rings. The number of hydrogen-bond acceptors (Lipinski definition) is 3. The number of carbonyl (C=O) groups excluding carboxylic acids is 2. The van der Waals surface area contributed by atoms with Gasteiger partial charge in [0, 0.05) is 12.7 Å². The number of aromatic nitrogens is 1. The lowest BCUT2D eigenvalue weighted by molar-refractivity contribution is -0.118. The van der Waals surface area contributed by atoms with Crippen molar-refractivity contribution < 1.29 is 18.4 Å². The molecular weight excluding hydrogens is 256 g/mol. The van der Waals surface area contributed by atoms with E-state index in [0.29, 0.717) is 0 Å². The summed E-state index contributed by atoms with van der Waals surface area (Å²) in [6.07, 6.45) is 0.990. The minimum Gasteiger partial charge on any atom is -0.368 e. The first-order valence-corrected chi connectivity index (χ1v) is 5.70. The van der Waals surface area contributed by atoms with Gasteiger partial charge in [-0.3, -0.25) is 9.59 Å². The van der Waals surface area contributed by atoms with E-state index in [0.717, 1.165) is 17.2 Å². The molecule has 0 aliphatic heterocycles. The lowest BCUT2D eigenvalue weighted by Gasteiger charge is -2.23. The summed E-state index contributed by atoms with van der Waals surface area (Å²) in [4.78, 5) is 27.2. The number of halogens is 2. The molecule has 19 heavy (non-hydrogen) atoms. The van der Waals surface area contributed by atoms with Crippen LogP contribution in [-0.4, -0.2) is 34.8 Å². The Bertz CT molecular complexity index is 492. The van der Waals surface area contributed by atoms with Crippen LogP contribution in [0.2, 0.25) is 0 Å². The lowest BCUT2D eigenvalue weighted by Crippen LogP contribution is -2.41. The monoisotopic (exact) mass is 271 g/mol. The molecule has 1 heterocycles. The van der Waals surface area contributed by atoms with Gasteiger partial charge >= 0.3 is 0 Å². The van der Waals surface area contributed by atoms with Crippen LogP contribution in [0.5, 0.6) is 0 Å². The molecule has 0 aromatic carbocycles. The Hall–Kier alpha value is -2.05. The van der Waals surface area contributed by atoms with Crippen LogP contribution in [0.4, 0.5) is 8.78 Å². The van der Waals surface area contributed by atoms with Gasteiger partial charge < -0.3 is 10.6 Å². The first-order chi connectivity index (χ1) is 8.82. The highest BCUT2D eigenvalue weighted by Crippen LogP contribution is 2.13. The number of pyridine rings is 1. The normalized spacial score (nSPS) is 10.6. The van der Waals surface area contributed by atoms with E-state index >= 15 is 0 Å². The highest BCUT2D eigenvalue weighted by atomic mass is 19.2. The molecule has 0 unspecified atom stereocenters. The summed E-state index contributed by atoms with van der Waals surface area (Å²) in [7, 11) is 0. The number of nitrogens with zero attached hydrogens (tertiary/aromatic N) is 2. The van der Waals surface area contributed by atoms with Gasteiger partial charge in [-0.15, -0.1) is 0 Å². The van der Waals surface area contributed by atoms with Crippen molar-refractivity contribution in [2.75, 3.05) is 13.1 Å². The molecular formula is C12H15F2N3O2. The Balaban J connectivity index is 3.04. The van der Waals surface area contributed by atoms with Crippen LogP contribution in [0.1, 0.15) is 24.2 Å². The molecule has 0 saturated carbocycles. The maximum absolute atomic E-state index is 13.5. The van der Waals surface area contributed by atoms with Crippen molar-refractivity contribution in [1.82, 2.24) is 9.88 Å². The third-order valence-corrected chi connectivity index (χ3v) is 2.30. The number of nitrogens with two attached hydrogens (primary N) is 1. The van der Waals surface area contributed by atoms with Gasteiger partial charge in [-0.1, -0.05) is 13.8 Å². The van der Waals surface area contributed by atoms with Crippen molar-refractivity contribution in [3.05, 3.63) is 29.6 Å². The van der Waals surface area contributed by atoms with Crippen LogP contribution >= 0.6 is 0 Å². The van der Waals surface area contributed by atoms with Crippen molar-refractivity contribution in [1.29, 1.82) is 0 Å². The molecule has 1 rings (SSSR count). The number of primary amides is 1. The fourth-order valence-corrected chi connectivity index (χ4v) is 1.60. The van der Waals surface area contributed by atoms with E-state index in [1.807, 2.05) is 13.8 Å². The number of carbonyl (C=O) groups is 2. The van der Waals surface area contributed by atoms with Gasteiger partial charge in [-0.25, -0.2) is 9.37 Å². The molecule has 0 saturated heterocycles. The quantitative estimate of drug-likeness (QED) is 0.810. The van der Waals surface area contributed by atoms with E-state index in [1.54, 1.807) is 0 Å². The first-order valence-electron chi connectivity index (χ1n) is 5.70. The van der Waals surface area contributed by atoms with Crippen LogP contribution in [0.25, 0.3) is 0 Å². The standard InChI is InChI=1S/C12H15F2N3O2/c1-7(2)5-17(6-9(15)18)12(19)8-3-4-16-11(14)10(8)13/h3-4,7H,5-6H2,1-2H3,(H2,15,18). The first kappa shape index (κ1) is 15.0. The zero-order chi connectivity index (χ0) is 14.6. The lowest BCUT2D eigenvalue weighted by atomic mass is 10.1. The van der Waals surface area contributed by atoms with Crippen molar-refractivity contribution in [2.45, 2.75) is 13.8 Å². The minimum absolute atomic E-state index is 0.0537. The van der Waals surface area contributed by atoms with Crippen LogP contribution in [-0.2, 0) is 4.79 Å². The molecule has 2 N–H and O–H groups in total. The molecule has 0 aliphatic carbocycles. The summed E-state index contributed by atoms with van der Waals surface area (Å²) >= 11 is 0. The fourth-order valence-electron chi connectivity index (χ4n) is 1.60. The van der Waals surface area contributed by atoms with Gasteiger partial charge in [-0.05, 0) is 12.0 Å². The highest BCUT2D eigenvalue weighted by Gasteiger charge is 2.23. The van der Waals surface area contributed by atoms with E-state index in [1.165, 1.54) is 0 Å². The van der Waals surface area contributed by atoms with Crippen LogP contribution < -0.4 is 5.73 Å². The molecule has 5 nitrogen and oxygen atoms in total. The zero-order valence-electron chi connectivity index (χ0n) is 10.7. The fraction of sp³-hybridized carbons (Fsp3) is 0.417. The average molecular weight is 271 g/mol. The molecule has 1 aromatic heterocycles. The molecule has 0 aliphatic rings. The Morgan fingerprint density at radius 2 is 2.05 bits per heavy atom. The second kappa shape index (κ2) is 6.21.